The molecule has 1 aromatic carbocycles. The summed E-state index contributed by atoms with van der Waals surface area (Å²) >= 11 is 1.49. The zero-order valence-corrected chi connectivity index (χ0v) is 13.7. The molecule has 0 unspecified atom stereocenters. The van der Waals surface area contributed by atoms with Gasteiger partial charge >= 0.3 is 0 Å². The minimum Gasteiger partial charge on any atom is -0.486 e. The number of para-hydroxylation sites is 1. The standard InChI is InChI=1S/C16H16N4O2S/c1-12-18-19-16(23-2)20(12)17-10-14-8-9-15(22-14)11-21-13-6-4-3-5-7-13/h3-10H,11H2,1-2H3/b17-10+. The summed E-state index contributed by atoms with van der Waals surface area (Å²) in [4.78, 5) is 0. The van der Waals surface area contributed by atoms with Gasteiger partial charge < -0.3 is 9.15 Å². The third-order valence-corrected chi connectivity index (χ3v) is 3.68. The molecule has 2 aromatic heterocycles. The van der Waals surface area contributed by atoms with Gasteiger partial charge in [-0.1, -0.05) is 30.0 Å². The molecule has 3 aromatic rings. The van der Waals surface area contributed by atoms with Gasteiger partial charge in [0.1, 0.15) is 23.9 Å². The Kier molecular flexibility index (Phi) is 4.77. The van der Waals surface area contributed by atoms with Crippen molar-refractivity contribution in [2.24, 2.45) is 5.10 Å². The first-order chi connectivity index (χ1) is 11.3. The van der Waals surface area contributed by atoms with Gasteiger partial charge in [0.25, 0.3) is 0 Å². The second-order valence-corrected chi connectivity index (χ2v) is 5.47. The Hall–Kier alpha value is -2.54. The lowest BCUT2D eigenvalue weighted by Crippen LogP contribution is -1.95. The molecular formula is C16H16N4O2S. The number of furan rings is 1. The average molecular weight is 328 g/mol. The third-order valence-electron chi connectivity index (χ3n) is 3.06. The fraction of sp³-hybridized carbons (Fsp3) is 0.188. The van der Waals surface area contributed by atoms with Gasteiger partial charge in [-0.15, -0.1) is 10.2 Å². The van der Waals surface area contributed by atoms with E-state index in [0.717, 1.165) is 22.5 Å². The highest BCUT2D eigenvalue weighted by atomic mass is 32.2. The Morgan fingerprint density at radius 2 is 2.04 bits per heavy atom. The predicted octanol–water partition coefficient (Wildman–Crippen LogP) is 3.36. The Bertz CT molecular complexity index is 796. The minimum absolute atomic E-state index is 0.375. The molecule has 0 saturated heterocycles. The van der Waals surface area contributed by atoms with Crippen LogP contribution in [0, 0.1) is 6.92 Å². The van der Waals surface area contributed by atoms with Crippen LogP contribution < -0.4 is 4.74 Å². The number of aromatic nitrogens is 3. The maximum atomic E-state index is 5.68. The van der Waals surface area contributed by atoms with Crippen molar-refractivity contribution in [1.29, 1.82) is 0 Å². The minimum atomic E-state index is 0.375. The first-order valence-electron chi connectivity index (χ1n) is 7.03. The van der Waals surface area contributed by atoms with Crippen molar-refractivity contribution >= 4 is 18.0 Å². The van der Waals surface area contributed by atoms with Crippen LogP contribution in [-0.2, 0) is 6.61 Å². The number of hydrogen-bond donors (Lipinski definition) is 0. The molecule has 0 fully saturated rings. The van der Waals surface area contributed by atoms with Crippen LogP contribution in [0.1, 0.15) is 17.3 Å². The molecule has 0 atom stereocenters. The summed E-state index contributed by atoms with van der Waals surface area (Å²) in [5.41, 5.74) is 0. The van der Waals surface area contributed by atoms with E-state index in [0.29, 0.717) is 12.4 Å². The fourth-order valence-electron chi connectivity index (χ4n) is 1.93. The summed E-state index contributed by atoms with van der Waals surface area (Å²) in [7, 11) is 0. The smallest absolute Gasteiger partial charge is 0.211 e. The molecule has 23 heavy (non-hydrogen) atoms. The first-order valence-corrected chi connectivity index (χ1v) is 8.25. The molecular weight excluding hydrogens is 312 g/mol. The molecule has 0 spiro atoms. The lowest BCUT2D eigenvalue weighted by Gasteiger charge is -2.02. The molecule has 0 N–H and O–H groups in total. The molecule has 0 saturated carbocycles. The Morgan fingerprint density at radius 3 is 2.83 bits per heavy atom. The molecule has 0 radical (unpaired) electrons. The van der Waals surface area contributed by atoms with Gasteiger partial charge in [-0.2, -0.15) is 9.78 Å². The quantitative estimate of drug-likeness (QED) is 0.513. The first kappa shape index (κ1) is 15.4. The highest BCUT2D eigenvalue weighted by molar-refractivity contribution is 7.98. The highest BCUT2D eigenvalue weighted by Crippen LogP contribution is 2.15. The van der Waals surface area contributed by atoms with Crippen molar-refractivity contribution in [1.82, 2.24) is 14.9 Å². The molecule has 3 rings (SSSR count). The molecule has 0 aliphatic heterocycles. The Balaban J connectivity index is 1.65. The summed E-state index contributed by atoms with van der Waals surface area (Å²) in [6, 6.07) is 13.4. The van der Waals surface area contributed by atoms with Gasteiger partial charge in [-0.3, -0.25) is 0 Å². The summed E-state index contributed by atoms with van der Waals surface area (Å²) in [6.07, 6.45) is 3.57. The second-order valence-electron chi connectivity index (χ2n) is 4.70. The SMILES string of the molecule is CSc1nnc(C)n1/N=C/c1ccc(COc2ccccc2)o1. The van der Waals surface area contributed by atoms with Gasteiger partial charge in [-0.05, 0) is 37.4 Å². The van der Waals surface area contributed by atoms with Crippen LogP contribution in [0.3, 0.4) is 0 Å². The van der Waals surface area contributed by atoms with E-state index in [4.69, 9.17) is 9.15 Å². The van der Waals surface area contributed by atoms with Crippen LogP contribution in [0.4, 0.5) is 0 Å². The van der Waals surface area contributed by atoms with Gasteiger partial charge in [0.05, 0.1) is 6.21 Å². The highest BCUT2D eigenvalue weighted by Gasteiger charge is 2.06. The van der Waals surface area contributed by atoms with E-state index in [2.05, 4.69) is 15.3 Å². The summed E-state index contributed by atoms with van der Waals surface area (Å²) in [5, 5.41) is 13.1. The van der Waals surface area contributed by atoms with Crippen molar-refractivity contribution in [2.75, 3.05) is 6.26 Å². The maximum absolute atomic E-state index is 5.68. The van der Waals surface area contributed by atoms with E-state index in [9.17, 15) is 0 Å². The molecule has 0 aliphatic carbocycles. The number of nitrogens with zero attached hydrogens (tertiary/aromatic N) is 4. The summed E-state index contributed by atoms with van der Waals surface area (Å²) < 4.78 is 13.0. The van der Waals surface area contributed by atoms with Gasteiger partial charge in [-0.25, -0.2) is 0 Å². The number of hydrogen-bond acceptors (Lipinski definition) is 6. The topological polar surface area (TPSA) is 65.4 Å². The van der Waals surface area contributed by atoms with E-state index < -0.39 is 0 Å². The van der Waals surface area contributed by atoms with Gasteiger partial charge in [0, 0.05) is 0 Å². The maximum Gasteiger partial charge on any atom is 0.211 e. The monoisotopic (exact) mass is 328 g/mol. The van der Waals surface area contributed by atoms with E-state index in [1.165, 1.54) is 11.8 Å². The molecule has 7 heteroatoms. The second kappa shape index (κ2) is 7.15. The largest absolute Gasteiger partial charge is 0.486 e. The van der Waals surface area contributed by atoms with Crippen LogP contribution in [-0.4, -0.2) is 27.3 Å². The van der Waals surface area contributed by atoms with Crippen LogP contribution in [0.15, 0.2) is 57.1 Å². The fourth-order valence-corrected chi connectivity index (χ4v) is 2.40. The average Bonchev–Trinajstić information content (AvgIpc) is 3.18. The number of rotatable bonds is 6. The van der Waals surface area contributed by atoms with Crippen LogP contribution >= 0.6 is 11.8 Å². The van der Waals surface area contributed by atoms with Crippen molar-refractivity contribution in [3.05, 3.63) is 59.8 Å². The molecule has 0 aliphatic rings. The van der Waals surface area contributed by atoms with Gasteiger partial charge in [0.15, 0.2) is 5.82 Å². The van der Waals surface area contributed by atoms with Crippen LogP contribution in [0.25, 0.3) is 0 Å². The van der Waals surface area contributed by atoms with Crippen LogP contribution in [0.5, 0.6) is 5.75 Å². The normalized spacial score (nSPS) is 11.2. The van der Waals surface area contributed by atoms with E-state index in [1.54, 1.807) is 10.9 Å². The van der Waals surface area contributed by atoms with Crippen molar-refractivity contribution in [2.45, 2.75) is 18.7 Å². The van der Waals surface area contributed by atoms with Crippen molar-refractivity contribution < 1.29 is 9.15 Å². The van der Waals surface area contributed by atoms with Gasteiger partial charge in [0.2, 0.25) is 5.16 Å². The zero-order valence-electron chi connectivity index (χ0n) is 12.8. The molecule has 0 bridgehead atoms. The van der Waals surface area contributed by atoms with Crippen molar-refractivity contribution in [3.8, 4) is 5.75 Å². The zero-order chi connectivity index (χ0) is 16.1. The number of thioether (sulfide) groups is 1. The predicted molar refractivity (Wildman–Crippen MR) is 89.0 cm³/mol. The Labute approximate surface area is 138 Å². The summed E-state index contributed by atoms with van der Waals surface area (Å²) in [5.74, 6) is 2.92. The number of benzene rings is 1. The molecule has 6 nitrogen and oxygen atoms in total. The Morgan fingerprint density at radius 1 is 1.22 bits per heavy atom. The number of ether oxygens (including phenoxy) is 1. The van der Waals surface area contributed by atoms with E-state index in [1.807, 2.05) is 55.6 Å². The number of aryl methyl sites for hydroxylation is 1. The molecule has 0 amide bonds. The van der Waals surface area contributed by atoms with Crippen LogP contribution in [0.2, 0.25) is 0 Å². The molecule has 118 valence electrons. The summed E-state index contributed by atoms with van der Waals surface area (Å²) in [6.45, 7) is 2.23. The lowest BCUT2D eigenvalue weighted by molar-refractivity contribution is 0.270. The lowest BCUT2D eigenvalue weighted by atomic mass is 10.3. The molecule has 2 heterocycles. The third kappa shape index (κ3) is 3.81. The van der Waals surface area contributed by atoms with E-state index in [-0.39, 0.29) is 0 Å². The van der Waals surface area contributed by atoms with E-state index >= 15 is 0 Å². The van der Waals surface area contributed by atoms with Crippen molar-refractivity contribution in [3.63, 3.8) is 0 Å².